The Kier molecular flexibility index (Phi) is 2.07. The standard InChI is InChI=1S/C14H15N3O2/c18-13-12(15-19)11-4-2-1-3-10(11)7-16-8-14(5-6-14)9-17(13)16/h1-4,19H,5-9H2/b15-12+. The zero-order chi connectivity index (χ0) is 13.0. The summed E-state index contributed by atoms with van der Waals surface area (Å²) in [6.07, 6.45) is 2.39. The van der Waals surface area contributed by atoms with Crippen molar-refractivity contribution >= 4 is 11.6 Å². The lowest BCUT2D eigenvalue weighted by atomic mass is 10.0. The van der Waals surface area contributed by atoms with Crippen LogP contribution in [0, 0.1) is 5.41 Å². The Morgan fingerprint density at radius 2 is 2.00 bits per heavy atom. The first-order valence-corrected chi connectivity index (χ1v) is 6.60. The Morgan fingerprint density at radius 1 is 1.21 bits per heavy atom. The van der Waals surface area contributed by atoms with Crippen LogP contribution in [-0.2, 0) is 11.3 Å². The summed E-state index contributed by atoms with van der Waals surface area (Å²) in [6.45, 7) is 2.41. The maximum atomic E-state index is 12.5. The smallest absolute Gasteiger partial charge is 0.290 e. The van der Waals surface area contributed by atoms with Crippen LogP contribution in [0.25, 0.3) is 0 Å². The molecule has 0 atom stereocenters. The second-order valence-corrected chi connectivity index (χ2v) is 5.79. The van der Waals surface area contributed by atoms with Gasteiger partial charge in [-0.25, -0.2) is 5.01 Å². The van der Waals surface area contributed by atoms with Crippen molar-refractivity contribution < 1.29 is 10.0 Å². The highest BCUT2D eigenvalue weighted by Gasteiger charge is 2.54. The number of hydrazine groups is 1. The van der Waals surface area contributed by atoms with Gasteiger partial charge in [0.1, 0.15) is 0 Å². The number of oxime groups is 1. The zero-order valence-corrected chi connectivity index (χ0v) is 10.5. The Balaban J connectivity index is 1.82. The lowest BCUT2D eigenvalue weighted by Gasteiger charge is -2.24. The number of nitrogens with zero attached hydrogens (tertiary/aromatic N) is 3. The lowest BCUT2D eigenvalue weighted by Crippen LogP contribution is -2.42. The molecular formula is C14H15N3O2. The van der Waals surface area contributed by atoms with E-state index in [0.29, 0.717) is 12.0 Å². The highest BCUT2D eigenvalue weighted by Crippen LogP contribution is 2.51. The van der Waals surface area contributed by atoms with Crippen LogP contribution < -0.4 is 0 Å². The summed E-state index contributed by atoms with van der Waals surface area (Å²) in [6, 6.07) is 7.66. The number of carbonyl (C=O) groups excluding carboxylic acids is 1. The van der Waals surface area contributed by atoms with Crippen molar-refractivity contribution in [2.24, 2.45) is 10.6 Å². The van der Waals surface area contributed by atoms with E-state index in [0.717, 1.165) is 24.2 Å². The molecular weight excluding hydrogens is 242 g/mol. The predicted octanol–water partition coefficient (Wildman–Crippen LogP) is 1.22. The van der Waals surface area contributed by atoms with Crippen molar-refractivity contribution in [2.75, 3.05) is 13.1 Å². The van der Waals surface area contributed by atoms with E-state index >= 15 is 0 Å². The number of rotatable bonds is 0. The average molecular weight is 257 g/mol. The molecule has 2 heterocycles. The number of fused-ring (bicyclic) bond motifs is 2. The van der Waals surface area contributed by atoms with Gasteiger partial charge in [-0.1, -0.05) is 29.4 Å². The molecule has 98 valence electrons. The first-order chi connectivity index (χ1) is 9.22. The Labute approximate surface area is 111 Å². The molecule has 5 heteroatoms. The summed E-state index contributed by atoms with van der Waals surface area (Å²) >= 11 is 0. The minimum atomic E-state index is -0.184. The van der Waals surface area contributed by atoms with E-state index in [1.165, 1.54) is 12.8 Å². The van der Waals surface area contributed by atoms with Crippen LogP contribution in [0.3, 0.4) is 0 Å². The maximum Gasteiger partial charge on any atom is 0.290 e. The third-order valence-electron chi connectivity index (χ3n) is 4.46. The van der Waals surface area contributed by atoms with E-state index in [1.807, 2.05) is 24.3 Å². The van der Waals surface area contributed by atoms with Crippen LogP contribution in [0.2, 0.25) is 0 Å². The molecule has 1 saturated carbocycles. The summed E-state index contributed by atoms with van der Waals surface area (Å²) in [5.74, 6) is -0.184. The number of carbonyl (C=O) groups is 1. The van der Waals surface area contributed by atoms with Crippen molar-refractivity contribution in [1.82, 2.24) is 10.0 Å². The van der Waals surface area contributed by atoms with Crippen molar-refractivity contribution in [2.45, 2.75) is 19.4 Å². The predicted molar refractivity (Wildman–Crippen MR) is 68.6 cm³/mol. The summed E-state index contributed by atoms with van der Waals surface area (Å²) in [4.78, 5) is 12.5. The van der Waals surface area contributed by atoms with Gasteiger partial charge in [0.15, 0.2) is 5.71 Å². The number of benzene rings is 1. The lowest BCUT2D eigenvalue weighted by molar-refractivity contribution is -0.136. The van der Waals surface area contributed by atoms with Gasteiger partial charge in [0, 0.05) is 30.6 Å². The van der Waals surface area contributed by atoms with Gasteiger partial charge in [-0.2, -0.15) is 0 Å². The Morgan fingerprint density at radius 3 is 2.74 bits per heavy atom. The fraction of sp³-hybridized carbons (Fsp3) is 0.429. The molecule has 2 fully saturated rings. The number of amides is 1. The molecule has 5 nitrogen and oxygen atoms in total. The molecule has 0 radical (unpaired) electrons. The molecule has 4 rings (SSSR count). The molecule has 3 aliphatic rings. The van der Waals surface area contributed by atoms with Crippen molar-refractivity contribution in [1.29, 1.82) is 0 Å². The quantitative estimate of drug-likeness (QED) is 0.561. The molecule has 1 N–H and O–H groups in total. The van der Waals surface area contributed by atoms with E-state index in [9.17, 15) is 10.0 Å². The van der Waals surface area contributed by atoms with Gasteiger partial charge in [0.2, 0.25) is 0 Å². The van der Waals surface area contributed by atoms with Crippen LogP contribution in [0.5, 0.6) is 0 Å². The largest absolute Gasteiger partial charge is 0.410 e. The van der Waals surface area contributed by atoms with Gasteiger partial charge >= 0.3 is 0 Å². The monoisotopic (exact) mass is 257 g/mol. The van der Waals surface area contributed by atoms with Crippen LogP contribution in [-0.4, -0.2) is 39.9 Å². The molecule has 1 aliphatic carbocycles. The minimum Gasteiger partial charge on any atom is -0.410 e. The van der Waals surface area contributed by atoms with Crippen LogP contribution >= 0.6 is 0 Å². The zero-order valence-electron chi connectivity index (χ0n) is 10.5. The fourth-order valence-corrected chi connectivity index (χ4v) is 3.19. The summed E-state index contributed by atoms with van der Waals surface area (Å²) in [7, 11) is 0. The molecule has 1 saturated heterocycles. The molecule has 19 heavy (non-hydrogen) atoms. The fourth-order valence-electron chi connectivity index (χ4n) is 3.19. The highest BCUT2D eigenvalue weighted by molar-refractivity contribution is 6.45. The van der Waals surface area contributed by atoms with Crippen molar-refractivity contribution in [3.63, 3.8) is 0 Å². The molecule has 2 aliphatic heterocycles. The molecule has 0 bridgehead atoms. The molecule has 0 aromatic heterocycles. The molecule has 0 unspecified atom stereocenters. The van der Waals surface area contributed by atoms with E-state index in [4.69, 9.17) is 0 Å². The Bertz CT molecular complexity index is 592. The number of hydrogen-bond donors (Lipinski definition) is 1. The third-order valence-corrected chi connectivity index (χ3v) is 4.46. The molecule has 1 amide bonds. The normalized spacial score (nSPS) is 26.4. The Hall–Kier alpha value is -1.88. The van der Waals surface area contributed by atoms with Gasteiger partial charge in [0.25, 0.3) is 5.91 Å². The second-order valence-electron chi connectivity index (χ2n) is 5.79. The molecule has 1 aromatic carbocycles. The van der Waals surface area contributed by atoms with Gasteiger partial charge < -0.3 is 5.21 Å². The van der Waals surface area contributed by atoms with E-state index in [2.05, 4.69) is 10.2 Å². The summed E-state index contributed by atoms with van der Waals surface area (Å²) in [5, 5.41) is 16.3. The minimum absolute atomic E-state index is 0.163. The molecule has 1 spiro atoms. The van der Waals surface area contributed by atoms with Crippen molar-refractivity contribution in [3.05, 3.63) is 35.4 Å². The van der Waals surface area contributed by atoms with E-state index in [1.54, 1.807) is 5.01 Å². The van der Waals surface area contributed by atoms with Gasteiger partial charge in [-0.05, 0) is 18.4 Å². The highest BCUT2D eigenvalue weighted by atomic mass is 16.4. The molecule has 1 aromatic rings. The van der Waals surface area contributed by atoms with Crippen molar-refractivity contribution in [3.8, 4) is 0 Å². The maximum absolute atomic E-state index is 12.5. The SMILES string of the molecule is O=C1/C(=N/O)c2ccccc2CN2CC3(CC3)CN12. The second kappa shape index (κ2) is 3.57. The number of hydrogen-bond acceptors (Lipinski definition) is 4. The van der Waals surface area contributed by atoms with Gasteiger partial charge in [0.05, 0.1) is 0 Å². The third kappa shape index (κ3) is 1.51. The topological polar surface area (TPSA) is 56.1 Å². The van der Waals surface area contributed by atoms with Crippen LogP contribution in [0.1, 0.15) is 24.0 Å². The van der Waals surface area contributed by atoms with Crippen LogP contribution in [0.15, 0.2) is 29.4 Å². The first-order valence-electron chi connectivity index (χ1n) is 6.60. The summed E-state index contributed by atoms with van der Waals surface area (Å²) in [5.41, 5.74) is 2.26. The average Bonchev–Trinajstić information content (AvgIpc) is 3.08. The van der Waals surface area contributed by atoms with Gasteiger partial charge in [-0.15, -0.1) is 0 Å². The summed E-state index contributed by atoms with van der Waals surface area (Å²) < 4.78 is 0. The van der Waals surface area contributed by atoms with E-state index in [-0.39, 0.29) is 11.6 Å². The van der Waals surface area contributed by atoms with Crippen LogP contribution in [0.4, 0.5) is 0 Å². The van der Waals surface area contributed by atoms with Gasteiger partial charge in [-0.3, -0.25) is 9.80 Å². The first kappa shape index (κ1) is 11.0. The van der Waals surface area contributed by atoms with E-state index < -0.39 is 0 Å².